The summed E-state index contributed by atoms with van der Waals surface area (Å²) in [5.74, 6) is 0.735. The van der Waals surface area contributed by atoms with Gasteiger partial charge in [-0.2, -0.15) is 0 Å². The summed E-state index contributed by atoms with van der Waals surface area (Å²) >= 11 is 5.80. The molecular formula is C16H10ClNO3. The van der Waals surface area contributed by atoms with Gasteiger partial charge in [0.15, 0.2) is 0 Å². The molecule has 0 saturated heterocycles. The van der Waals surface area contributed by atoms with Gasteiger partial charge in [0.25, 0.3) is 0 Å². The zero-order chi connectivity index (χ0) is 14.8. The van der Waals surface area contributed by atoms with Crippen molar-refractivity contribution in [3.8, 4) is 11.5 Å². The number of hydrogen-bond donors (Lipinski definition) is 0. The Kier molecular flexibility index (Phi) is 3.46. The fourth-order valence-electron chi connectivity index (χ4n) is 2.12. The quantitative estimate of drug-likeness (QED) is 0.494. The van der Waals surface area contributed by atoms with Gasteiger partial charge in [0.05, 0.1) is 4.92 Å². The fourth-order valence-corrected chi connectivity index (χ4v) is 2.29. The predicted octanol–water partition coefficient (Wildman–Crippen LogP) is 5.19. The molecule has 0 aromatic heterocycles. The van der Waals surface area contributed by atoms with Crippen molar-refractivity contribution in [3.05, 3.63) is 75.8 Å². The molecule has 0 bridgehead atoms. The van der Waals surface area contributed by atoms with Gasteiger partial charge in [0, 0.05) is 16.5 Å². The average Bonchev–Trinajstić information content (AvgIpc) is 2.49. The number of halogens is 1. The van der Waals surface area contributed by atoms with E-state index in [9.17, 15) is 10.1 Å². The summed E-state index contributed by atoms with van der Waals surface area (Å²) in [4.78, 5) is 10.6. The van der Waals surface area contributed by atoms with Crippen LogP contribution in [0.5, 0.6) is 11.5 Å². The molecule has 0 aliphatic rings. The van der Waals surface area contributed by atoms with Crippen LogP contribution in [0, 0.1) is 10.1 Å². The van der Waals surface area contributed by atoms with Crippen molar-refractivity contribution >= 4 is 28.1 Å². The van der Waals surface area contributed by atoms with Crippen LogP contribution in [0.4, 0.5) is 5.69 Å². The van der Waals surface area contributed by atoms with Gasteiger partial charge in [-0.15, -0.1) is 0 Å². The highest BCUT2D eigenvalue weighted by Crippen LogP contribution is 2.36. The first-order valence-corrected chi connectivity index (χ1v) is 6.62. The Balaban J connectivity index is 2.09. The summed E-state index contributed by atoms with van der Waals surface area (Å²) in [7, 11) is 0. The smallest absolute Gasteiger partial charge is 0.313 e. The van der Waals surface area contributed by atoms with E-state index in [1.807, 2.05) is 36.4 Å². The fraction of sp³-hybridized carbons (Fsp3) is 0. The highest BCUT2D eigenvalue weighted by Gasteiger charge is 2.17. The maximum absolute atomic E-state index is 11.1. The van der Waals surface area contributed by atoms with Gasteiger partial charge in [-0.05, 0) is 23.6 Å². The minimum Gasteiger partial charge on any atom is -0.449 e. The highest BCUT2D eigenvalue weighted by atomic mass is 35.5. The zero-order valence-electron chi connectivity index (χ0n) is 10.8. The molecule has 0 N–H and O–H groups in total. The molecule has 0 aliphatic carbocycles. The van der Waals surface area contributed by atoms with Crippen LogP contribution >= 0.6 is 11.6 Å². The number of nitro benzene ring substituents is 1. The standard InChI is InChI=1S/C16H10ClNO3/c17-12-8-9-16(14(10-12)18(19)20)21-15-7-3-5-11-4-1-2-6-13(11)15/h1-10H. The Hall–Kier alpha value is -2.59. The summed E-state index contributed by atoms with van der Waals surface area (Å²) < 4.78 is 5.74. The molecule has 3 aromatic rings. The van der Waals surface area contributed by atoms with Crippen molar-refractivity contribution < 1.29 is 9.66 Å². The number of ether oxygens (including phenoxy) is 1. The van der Waals surface area contributed by atoms with E-state index >= 15 is 0 Å². The number of benzene rings is 3. The largest absolute Gasteiger partial charge is 0.449 e. The van der Waals surface area contributed by atoms with Crippen LogP contribution in [0.15, 0.2) is 60.7 Å². The second-order valence-electron chi connectivity index (χ2n) is 4.45. The first-order valence-electron chi connectivity index (χ1n) is 6.25. The van der Waals surface area contributed by atoms with E-state index in [-0.39, 0.29) is 11.4 Å². The Morgan fingerprint density at radius 3 is 2.52 bits per heavy atom. The van der Waals surface area contributed by atoms with Crippen molar-refractivity contribution in [2.24, 2.45) is 0 Å². The van der Waals surface area contributed by atoms with E-state index in [2.05, 4.69) is 0 Å². The third-order valence-corrected chi connectivity index (χ3v) is 3.32. The predicted molar refractivity (Wildman–Crippen MR) is 82.1 cm³/mol. The summed E-state index contributed by atoms with van der Waals surface area (Å²) in [5.41, 5.74) is -0.157. The molecule has 0 amide bonds. The maximum Gasteiger partial charge on any atom is 0.313 e. The van der Waals surface area contributed by atoms with E-state index in [1.165, 1.54) is 12.1 Å². The third kappa shape index (κ3) is 2.66. The lowest BCUT2D eigenvalue weighted by atomic mass is 10.1. The Labute approximate surface area is 125 Å². The second kappa shape index (κ2) is 5.42. The highest BCUT2D eigenvalue weighted by molar-refractivity contribution is 6.30. The van der Waals surface area contributed by atoms with Gasteiger partial charge in [0.1, 0.15) is 5.75 Å². The number of fused-ring (bicyclic) bond motifs is 1. The molecule has 3 rings (SSSR count). The Morgan fingerprint density at radius 1 is 0.952 bits per heavy atom. The van der Waals surface area contributed by atoms with Crippen LogP contribution in [0.1, 0.15) is 0 Å². The van der Waals surface area contributed by atoms with Gasteiger partial charge in [-0.1, -0.05) is 48.0 Å². The molecule has 0 fully saturated rings. The summed E-state index contributed by atoms with van der Waals surface area (Å²) in [6, 6.07) is 17.6. The van der Waals surface area contributed by atoms with E-state index < -0.39 is 4.92 Å². The van der Waals surface area contributed by atoms with Crippen molar-refractivity contribution in [3.63, 3.8) is 0 Å². The van der Waals surface area contributed by atoms with Crippen LogP contribution in [-0.4, -0.2) is 4.92 Å². The van der Waals surface area contributed by atoms with E-state index in [0.717, 1.165) is 10.8 Å². The number of rotatable bonds is 3. The molecule has 5 heteroatoms. The van der Waals surface area contributed by atoms with Crippen molar-refractivity contribution in [1.82, 2.24) is 0 Å². The lowest BCUT2D eigenvalue weighted by molar-refractivity contribution is -0.385. The molecule has 104 valence electrons. The summed E-state index contributed by atoms with van der Waals surface area (Å²) in [6.45, 7) is 0. The lowest BCUT2D eigenvalue weighted by Crippen LogP contribution is -1.93. The molecule has 0 spiro atoms. The van der Waals surface area contributed by atoms with Crippen LogP contribution in [0.3, 0.4) is 0 Å². The lowest BCUT2D eigenvalue weighted by Gasteiger charge is -2.09. The van der Waals surface area contributed by atoms with Gasteiger partial charge >= 0.3 is 5.69 Å². The van der Waals surface area contributed by atoms with E-state index in [1.54, 1.807) is 12.1 Å². The van der Waals surface area contributed by atoms with Crippen LogP contribution < -0.4 is 4.74 Å². The molecule has 4 nitrogen and oxygen atoms in total. The normalized spacial score (nSPS) is 10.5. The minimum absolute atomic E-state index is 0.157. The molecular weight excluding hydrogens is 290 g/mol. The molecule has 0 heterocycles. The van der Waals surface area contributed by atoms with Gasteiger partial charge in [-0.25, -0.2) is 0 Å². The van der Waals surface area contributed by atoms with Crippen molar-refractivity contribution in [2.45, 2.75) is 0 Å². The van der Waals surface area contributed by atoms with E-state index in [4.69, 9.17) is 16.3 Å². The molecule has 0 atom stereocenters. The first-order chi connectivity index (χ1) is 10.1. The molecule has 0 unspecified atom stereocenters. The summed E-state index contributed by atoms with van der Waals surface area (Å²) in [6.07, 6.45) is 0. The van der Waals surface area contributed by atoms with Crippen molar-refractivity contribution in [1.29, 1.82) is 0 Å². The number of hydrogen-bond acceptors (Lipinski definition) is 3. The van der Waals surface area contributed by atoms with Crippen LogP contribution in [0.2, 0.25) is 5.02 Å². The van der Waals surface area contributed by atoms with E-state index in [0.29, 0.717) is 10.8 Å². The molecule has 0 saturated carbocycles. The minimum atomic E-state index is -0.508. The number of nitro groups is 1. The number of nitrogens with zero attached hydrogens (tertiary/aromatic N) is 1. The topological polar surface area (TPSA) is 52.4 Å². The molecule has 3 aromatic carbocycles. The SMILES string of the molecule is O=[N+]([O-])c1cc(Cl)ccc1Oc1cccc2ccccc12. The second-order valence-corrected chi connectivity index (χ2v) is 4.88. The van der Waals surface area contributed by atoms with Crippen LogP contribution in [-0.2, 0) is 0 Å². The molecule has 0 aliphatic heterocycles. The molecule has 0 radical (unpaired) electrons. The molecule has 21 heavy (non-hydrogen) atoms. The Bertz CT molecular complexity index is 827. The summed E-state index contributed by atoms with van der Waals surface area (Å²) in [5, 5.41) is 13.3. The van der Waals surface area contributed by atoms with Gasteiger partial charge in [0.2, 0.25) is 5.75 Å². The van der Waals surface area contributed by atoms with Crippen LogP contribution in [0.25, 0.3) is 10.8 Å². The van der Waals surface area contributed by atoms with Gasteiger partial charge < -0.3 is 4.74 Å². The Morgan fingerprint density at radius 2 is 1.71 bits per heavy atom. The first kappa shape index (κ1) is 13.4. The zero-order valence-corrected chi connectivity index (χ0v) is 11.6. The monoisotopic (exact) mass is 299 g/mol. The average molecular weight is 300 g/mol. The van der Waals surface area contributed by atoms with Gasteiger partial charge in [-0.3, -0.25) is 10.1 Å². The third-order valence-electron chi connectivity index (χ3n) is 3.09. The maximum atomic E-state index is 11.1. The van der Waals surface area contributed by atoms with Crippen molar-refractivity contribution in [2.75, 3.05) is 0 Å².